The van der Waals surface area contributed by atoms with Gasteiger partial charge in [-0.1, -0.05) is 77.0 Å². The van der Waals surface area contributed by atoms with E-state index in [1.54, 1.807) is 5.57 Å². The van der Waals surface area contributed by atoms with Gasteiger partial charge in [-0.05, 0) is 91.3 Å². The van der Waals surface area contributed by atoms with Crippen LogP contribution in [0.4, 0.5) is 0 Å². The molecular formula is C29H46O. The van der Waals surface area contributed by atoms with E-state index >= 15 is 0 Å². The second-order valence-corrected chi connectivity index (χ2v) is 12.1. The van der Waals surface area contributed by atoms with E-state index in [-0.39, 0.29) is 0 Å². The Kier molecular flexibility index (Phi) is 6.17. The van der Waals surface area contributed by atoms with Crippen LogP contribution in [0.25, 0.3) is 0 Å². The maximum Gasteiger partial charge on any atom is 0.0609 e. The lowest BCUT2D eigenvalue weighted by molar-refractivity contribution is 0.0228. The van der Waals surface area contributed by atoms with Crippen LogP contribution in [0.5, 0.6) is 0 Å². The van der Waals surface area contributed by atoms with Crippen LogP contribution in [0.1, 0.15) is 86.5 Å². The fraction of sp³-hybridized carbons (Fsp3) is 0.793. The Hall–Kier alpha value is -0.820. The Morgan fingerprint density at radius 1 is 0.933 bits per heavy atom. The SMILES string of the molecule is COC1CCC2(C)C(=CC=C3C2CCC2(C)C3CCC2C(C)C=CC(C)C(C)C)C1. The Morgan fingerprint density at radius 3 is 2.40 bits per heavy atom. The minimum atomic E-state index is 0.386. The highest BCUT2D eigenvalue weighted by Gasteiger charge is 2.56. The van der Waals surface area contributed by atoms with Crippen LogP contribution in [0.3, 0.4) is 0 Å². The molecule has 0 aromatic carbocycles. The molecule has 0 spiro atoms. The minimum Gasteiger partial charge on any atom is -0.381 e. The molecule has 30 heavy (non-hydrogen) atoms. The van der Waals surface area contributed by atoms with Gasteiger partial charge in [-0.25, -0.2) is 0 Å². The van der Waals surface area contributed by atoms with Crippen molar-refractivity contribution in [3.63, 3.8) is 0 Å². The van der Waals surface area contributed by atoms with E-state index in [2.05, 4.69) is 65.8 Å². The molecule has 3 fully saturated rings. The lowest BCUT2D eigenvalue weighted by Crippen LogP contribution is -2.46. The van der Waals surface area contributed by atoms with Gasteiger partial charge in [-0.2, -0.15) is 0 Å². The van der Waals surface area contributed by atoms with Crippen molar-refractivity contribution >= 4 is 0 Å². The predicted molar refractivity (Wildman–Crippen MR) is 128 cm³/mol. The first-order chi connectivity index (χ1) is 14.2. The fourth-order valence-corrected chi connectivity index (χ4v) is 7.78. The smallest absolute Gasteiger partial charge is 0.0609 e. The minimum absolute atomic E-state index is 0.386. The molecule has 0 N–H and O–H groups in total. The zero-order valence-corrected chi connectivity index (χ0v) is 20.7. The van der Waals surface area contributed by atoms with Gasteiger partial charge in [0.05, 0.1) is 6.10 Å². The molecule has 4 rings (SSSR count). The molecule has 8 atom stereocenters. The molecule has 8 unspecified atom stereocenters. The number of ether oxygens (including phenoxy) is 1. The predicted octanol–water partition coefficient (Wildman–Crippen LogP) is 7.98. The summed E-state index contributed by atoms with van der Waals surface area (Å²) in [6.45, 7) is 14.8. The number of hydrogen-bond acceptors (Lipinski definition) is 1. The van der Waals surface area contributed by atoms with Crippen molar-refractivity contribution in [2.75, 3.05) is 7.11 Å². The van der Waals surface area contributed by atoms with Crippen molar-refractivity contribution in [1.82, 2.24) is 0 Å². The summed E-state index contributed by atoms with van der Waals surface area (Å²) < 4.78 is 5.73. The standard InChI is InChI=1S/C29H46O/c1-19(2)20(3)8-9-21(4)25-12-13-26-24-11-10-22-18-23(30-7)14-16-28(22,5)27(24)15-17-29(25,26)6/h8-11,19-21,23,25-27H,12-18H2,1-7H3. The van der Waals surface area contributed by atoms with Crippen molar-refractivity contribution < 1.29 is 4.74 Å². The summed E-state index contributed by atoms with van der Waals surface area (Å²) in [7, 11) is 1.89. The summed E-state index contributed by atoms with van der Waals surface area (Å²) in [6, 6.07) is 0. The van der Waals surface area contributed by atoms with Gasteiger partial charge in [0.2, 0.25) is 0 Å². The van der Waals surface area contributed by atoms with Gasteiger partial charge in [0.1, 0.15) is 0 Å². The molecule has 168 valence electrons. The summed E-state index contributed by atoms with van der Waals surface area (Å²) in [5.41, 5.74) is 4.36. The third-order valence-electron chi connectivity index (χ3n) is 10.3. The number of hydrogen-bond donors (Lipinski definition) is 0. The van der Waals surface area contributed by atoms with E-state index in [0.29, 0.717) is 28.8 Å². The summed E-state index contributed by atoms with van der Waals surface area (Å²) >= 11 is 0. The summed E-state index contributed by atoms with van der Waals surface area (Å²) in [5, 5.41) is 0. The Morgan fingerprint density at radius 2 is 1.70 bits per heavy atom. The van der Waals surface area contributed by atoms with Gasteiger partial charge in [0, 0.05) is 7.11 Å². The zero-order valence-electron chi connectivity index (χ0n) is 20.7. The lowest BCUT2D eigenvalue weighted by atomic mass is 9.50. The molecule has 4 aliphatic carbocycles. The normalized spacial score (nSPS) is 42.9. The first-order valence-electron chi connectivity index (χ1n) is 12.8. The molecule has 0 heterocycles. The Labute approximate surface area is 186 Å². The van der Waals surface area contributed by atoms with Crippen LogP contribution in [0, 0.1) is 46.3 Å². The highest BCUT2D eigenvalue weighted by Crippen LogP contribution is 2.66. The summed E-state index contributed by atoms with van der Waals surface area (Å²) in [5.74, 6) is 4.52. The van der Waals surface area contributed by atoms with Crippen molar-refractivity contribution in [3.8, 4) is 0 Å². The molecule has 1 nitrogen and oxygen atoms in total. The van der Waals surface area contributed by atoms with Crippen molar-refractivity contribution in [2.45, 2.75) is 92.6 Å². The molecule has 4 aliphatic rings. The first-order valence-corrected chi connectivity index (χ1v) is 12.8. The second-order valence-electron chi connectivity index (χ2n) is 12.1. The van der Waals surface area contributed by atoms with Crippen LogP contribution in [0.15, 0.2) is 35.5 Å². The van der Waals surface area contributed by atoms with Gasteiger partial charge in [0.15, 0.2) is 0 Å². The summed E-state index contributed by atoms with van der Waals surface area (Å²) in [6.07, 6.45) is 19.9. The number of allylic oxidation sites excluding steroid dienone is 5. The van der Waals surface area contributed by atoms with Crippen molar-refractivity contribution in [3.05, 3.63) is 35.5 Å². The maximum absolute atomic E-state index is 5.73. The van der Waals surface area contributed by atoms with Crippen LogP contribution < -0.4 is 0 Å². The van der Waals surface area contributed by atoms with Crippen molar-refractivity contribution in [1.29, 1.82) is 0 Å². The molecule has 0 saturated heterocycles. The Bertz CT molecular complexity index is 727. The maximum atomic E-state index is 5.73. The third kappa shape index (κ3) is 3.58. The quantitative estimate of drug-likeness (QED) is 0.417. The van der Waals surface area contributed by atoms with Crippen LogP contribution in [0.2, 0.25) is 0 Å². The monoisotopic (exact) mass is 410 g/mol. The molecule has 0 radical (unpaired) electrons. The average molecular weight is 411 g/mol. The first kappa shape index (κ1) is 22.4. The largest absolute Gasteiger partial charge is 0.381 e. The van der Waals surface area contributed by atoms with Gasteiger partial charge >= 0.3 is 0 Å². The number of rotatable bonds is 5. The van der Waals surface area contributed by atoms with Crippen LogP contribution in [-0.4, -0.2) is 13.2 Å². The molecule has 0 aromatic heterocycles. The van der Waals surface area contributed by atoms with Gasteiger partial charge in [-0.3, -0.25) is 0 Å². The second kappa shape index (κ2) is 8.27. The number of fused-ring (bicyclic) bond motifs is 5. The molecule has 3 saturated carbocycles. The highest BCUT2D eigenvalue weighted by atomic mass is 16.5. The van der Waals surface area contributed by atoms with E-state index in [4.69, 9.17) is 4.74 Å². The Balaban J connectivity index is 1.56. The molecule has 0 aliphatic heterocycles. The fourth-order valence-electron chi connectivity index (χ4n) is 7.78. The average Bonchev–Trinajstić information content (AvgIpc) is 3.08. The van der Waals surface area contributed by atoms with E-state index in [1.807, 2.05) is 12.7 Å². The molecule has 0 bridgehead atoms. The van der Waals surface area contributed by atoms with Crippen LogP contribution in [-0.2, 0) is 4.74 Å². The van der Waals surface area contributed by atoms with E-state index in [9.17, 15) is 0 Å². The molecular weight excluding hydrogens is 364 g/mol. The molecule has 0 aromatic rings. The van der Waals surface area contributed by atoms with E-state index in [0.717, 1.165) is 30.1 Å². The topological polar surface area (TPSA) is 9.23 Å². The molecule has 1 heteroatoms. The summed E-state index contributed by atoms with van der Waals surface area (Å²) in [4.78, 5) is 0. The van der Waals surface area contributed by atoms with E-state index in [1.165, 1.54) is 38.5 Å². The zero-order chi connectivity index (χ0) is 21.7. The third-order valence-corrected chi connectivity index (χ3v) is 10.3. The van der Waals surface area contributed by atoms with Crippen molar-refractivity contribution in [2.24, 2.45) is 46.3 Å². The van der Waals surface area contributed by atoms with Gasteiger partial charge in [-0.15, -0.1) is 0 Å². The van der Waals surface area contributed by atoms with E-state index < -0.39 is 0 Å². The lowest BCUT2D eigenvalue weighted by Gasteiger charge is -2.55. The highest BCUT2D eigenvalue weighted by molar-refractivity contribution is 5.39. The number of methoxy groups -OCH3 is 1. The van der Waals surface area contributed by atoms with Crippen LogP contribution >= 0.6 is 0 Å². The molecule has 0 amide bonds. The van der Waals surface area contributed by atoms with Gasteiger partial charge < -0.3 is 4.74 Å². The van der Waals surface area contributed by atoms with Gasteiger partial charge in [0.25, 0.3) is 0 Å².